The smallest absolute Gasteiger partial charge is 0.0779 e. The highest BCUT2D eigenvalue weighted by Gasteiger charge is 2.25. The van der Waals surface area contributed by atoms with Crippen molar-refractivity contribution in [3.63, 3.8) is 0 Å². The van der Waals surface area contributed by atoms with Crippen molar-refractivity contribution in [2.75, 3.05) is 0 Å². The number of benzene rings is 1. The number of halogens is 2. The lowest BCUT2D eigenvalue weighted by Gasteiger charge is -2.22. The van der Waals surface area contributed by atoms with Gasteiger partial charge in [0, 0.05) is 9.92 Å². The molecule has 0 fully saturated rings. The Labute approximate surface area is 101 Å². The fourth-order valence-electron chi connectivity index (χ4n) is 0.809. The molecule has 0 aliphatic heterocycles. The molecule has 0 N–H and O–H groups in total. The van der Waals surface area contributed by atoms with E-state index in [9.17, 15) is 0 Å². The molecule has 14 heavy (non-hydrogen) atoms. The number of alkyl halides is 1. The molecule has 0 heterocycles. The van der Waals surface area contributed by atoms with Gasteiger partial charge in [-0.15, -0.1) is 23.4 Å². The van der Waals surface area contributed by atoms with E-state index in [1.165, 1.54) is 4.90 Å². The summed E-state index contributed by atoms with van der Waals surface area (Å²) in [6.45, 7) is 6.81. The molecular weight excluding hydrogens is 251 g/mol. The fraction of sp³-hybridized carbons (Fsp3) is 0.400. The van der Waals surface area contributed by atoms with E-state index >= 15 is 0 Å². The molecule has 0 aliphatic rings. The molecule has 0 saturated carbocycles. The van der Waals surface area contributed by atoms with E-state index < -0.39 is 8.07 Å². The lowest BCUT2D eigenvalue weighted by Crippen LogP contribution is -2.31. The zero-order valence-corrected chi connectivity index (χ0v) is 11.9. The minimum atomic E-state index is -1.26. The van der Waals surface area contributed by atoms with Gasteiger partial charge in [0.25, 0.3) is 0 Å². The summed E-state index contributed by atoms with van der Waals surface area (Å²) in [6, 6.07) is 7.83. The van der Waals surface area contributed by atoms with E-state index in [0.717, 1.165) is 5.02 Å². The molecule has 1 aromatic carbocycles. The van der Waals surface area contributed by atoms with E-state index in [-0.39, 0.29) is 4.33 Å². The highest BCUT2D eigenvalue weighted by Crippen LogP contribution is 2.32. The predicted octanol–water partition coefficient (Wildman–Crippen LogP) is 4.87. The van der Waals surface area contributed by atoms with Crippen LogP contribution < -0.4 is 0 Å². The van der Waals surface area contributed by atoms with Crippen molar-refractivity contribution in [3.8, 4) is 0 Å². The summed E-state index contributed by atoms with van der Waals surface area (Å²) < 4.78 is 0.212. The molecule has 1 unspecified atom stereocenters. The molecule has 0 radical (unpaired) electrons. The van der Waals surface area contributed by atoms with Gasteiger partial charge >= 0.3 is 0 Å². The van der Waals surface area contributed by atoms with Crippen molar-refractivity contribution in [3.05, 3.63) is 29.3 Å². The van der Waals surface area contributed by atoms with Crippen LogP contribution in [0.5, 0.6) is 0 Å². The minimum Gasteiger partial charge on any atom is -0.115 e. The highest BCUT2D eigenvalue weighted by atomic mass is 35.5. The van der Waals surface area contributed by atoms with Crippen LogP contribution in [0.15, 0.2) is 29.2 Å². The Bertz CT molecular complexity index is 292. The number of rotatable bonds is 3. The standard InChI is InChI=1S/C10H14Cl2SSi/c1-14(2,3)10(12)13-9-6-4-8(11)5-7-9/h4-7,10H,1-3H3. The van der Waals surface area contributed by atoms with Crippen LogP contribution in [0, 0.1) is 0 Å². The van der Waals surface area contributed by atoms with Gasteiger partial charge in [-0.1, -0.05) is 31.2 Å². The average Bonchev–Trinajstić information content (AvgIpc) is 2.07. The number of hydrogen-bond donors (Lipinski definition) is 0. The minimum absolute atomic E-state index is 0.212. The normalized spacial score (nSPS) is 14.1. The number of hydrogen-bond acceptors (Lipinski definition) is 1. The maximum atomic E-state index is 6.32. The van der Waals surface area contributed by atoms with Gasteiger partial charge in [-0.2, -0.15) is 0 Å². The zero-order chi connectivity index (χ0) is 10.8. The Morgan fingerprint density at radius 2 is 1.64 bits per heavy atom. The molecule has 1 aromatic rings. The Morgan fingerprint density at radius 3 is 2.07 bits per heavy atom. The molecule has 1 rings (SSSR count). The molecule has 1 atom stereocenters. The van der Waals surface area contributed by atoms with E-state index in [1.54, 1.807) is 11.8 Å². The highest BCUT2D eigenvalue weighted by molar-refractivity contribution is 8.03. The first-order chi connectivity index (χ1) is 6.39. The summed E-state index contributed by atoms with van der Waals surface area (Å²) in [6.07, 6.45) is 0. The van der Waals surface area contributed by atoms with Gasteiger partial charge in [0.1, 0.15) is 0 Å². The molecule has 0 amide bonds. The van der Waals surface area contributed by atoms with E-state index in [2.05, 4.69) is 19.6 Å². The van der Waals surface area contributed by atoms with Gasteiger partial charge in [0.05, 0.1) is 12.4 Å². The van der Waals surface area contributed by atoms with Gasteiger partial charge in [-0.25, -0.2) is 0 Å². The lowest BCUT2D eigenvalue weighted by molar-refractivity contribution is 1.45. The fourth-order valence-corrected chi connectivity index (χ4v) is 3.60. The molecule has 0 saturated heterocycles. The van der Waals surface area contributed by atoms with Gasteiger partial charge < -0.3 is 0 Å². The van der Waals surface area contributed by atoms with Crippen LogP contribution in [-0.2, 0) is 0 Å². The first-order valence-corrected chi connectivity index (χ1v) is 9.73. The third-order valence-electron chi connectivity index (χ3n) is 1.73. The third kappa shape index (κ3) is 3.85. The van der Waals surface area contributed by atoms with E-state index in [1.807, 2.05) is 24.3 Å². The number of thioether (sulfide) groups is 1. The molecule has 0 nitrogen and oxygen atoms in total. The zero-order valence-electron chi connectivity index (χ0n) is 8.55. The lowest BCUT2D eigenvalue weighted by atomic mass is 10.4. The Morgan fingerprint density at radius 1 is 1.14 bits per heavy atom. The van der Waals surface area contributed by atoms with Crippen LogP contribution in [0.3, 0.4) is 0 Å². The molecule has 0 aliphatic carbocycles. The van der Waals surface area contributed by atoms with Crippen molar-refractivity contribution in [2.45, 2.75) is 28.9 Å². The summed E-state index contributed by atoms with van der Waals surface area (Å²) in [5.74, 6) is 0. The van der Waals surface area contributed by atoms with E-state index in [4.69, 9.17) is 23.2 Å². The Hall–Kier alpha value is 0.367. The first-order valence-electron chi connectivity index (χ1n) is 4.46. The molecule has 0 aromatic heterocycles. The molecular formula is C10H14Cl2SSi. The van der Waals surface area contributed by atoms with Crippen molar-refractivity contribution in [1.82, 2.24) is 0 Å². The summed E-state index contributed by atoms with van der Waals surface area (Å²) in [5.41, 5.74) is 0. The second kappa shape index (κ2) is 4.93. The van der Waals surface area contributed by atoms with E-state index in [0.29, 0.717) is 0 Å². The van der Waals surface area contributed by atoms with Gasteiger partial charge in [-0.3, -0.25) is 0 Å². The van der Waals surface area contributed by atoms with Crippen LogP contribution in [0.4, 0.5) is 0 Å². The topological polar surface area (TPSA) is 0 Å². The SMILES string of the molecule is C[Si](C)(C)C(Cl)Sc1ccc(Cl)cc1. The predicted molar refractivity (Wildman–Crippen MR) is 70.3 cm³/mol. The van der Waals surface area contributed by atoms with Crippen LogP contribution in [0.25, 0.3) is 0 Å². The van der Waals surface area contributed by atoms with Crippen LogP contribution >= 0.6 is 35.0 Å². The monoisotopic (exact) mass is 264 g/mol. The van der Waals surface area contributed by atoms with Crippen LogP contribution in [-0.4, -0.2) is 12.4 Å². The second-order valence-electron chi connectivity index (χ2n) is 4.25. The largest absolute Gasteiger partial charge is 0.115 e. The first kappa shape index (κ1) is 12.4. The maximum Gasteiger partial charge on any atom is 0.0779 e. The third-order valence-corrected chi connectivity index (χ3v) is 8.81. The van der Waals surface area contributed by atoms with Gasteiger partial charge in [0.2, 0.25) is 0 Å². The summed E-state index contributed by atoms with van der Waals surface area (Å²) in [5, 5.41) is 0.772. The molecule has 0 bridgehead atoms. The van der Waals surface area contributed by atoms with Crippen LogP contribution in [0.1, 0.15) is 0 Å². The van der Waals surface area contributed by atoms with Crippen molar-refractivity contribution in [2.24, 2.45) is 0 Å². The van der Waals surface area contributed by atoms with Crippen molar-refractivity contribution in [1.29, 1.82) is 0 Å². The van der Waals surface area contributed by atoms with Crippen molar-refractivity contribution >= 4 is 43.0 Å². The Kier molecular flexibility index (Phi) is 4.38. The average molecular weight is 265 g/mol. The van der Waals surface area contributed by atoms with Gasteiger partial charge in [-0.05, 0) is 24.3 Å². The maximum absolute atomic E-state index is 6.32. The molecule has 78 valence electrons. The molecule has 4 heteroatoms. The summed E-state index contributed by atoms with van der Waals surface area (Å²) >= 11 is 13.9. The summed E-state index contributed by atoms with van der Waals surface area (Å²) in [4.78, 5) is 1.19. The second-order valence-corrected chi connectivity index (χ2v) is 12.7. The van der Waals surface area contributed by atoms with Crippen LogP contribution in [0.2, 0.25) is 24.7 Å². The Balaban J connectivity index is 2.65. The summed E-state index contributed by atoms with van der Waals surface area (Å²) in [7, 11) is -1.26. The van der Waals surface area contributed by atoms with Gasteiger partial charge in [0.15, 0.2) is 0 Å². The molecule has 0 spiro atoms. The van der Waals surface area contributed by atoms with Crippen molar-refractivity contribution < 1.29 is 0 Å². The quantitative estimate of drug-likeness (QED) is 0.426.